The van der Waals surface area contributed by atoms with E-state index in [1.54, 1.807) is 13.2 Å². The van der Waals surface area contributed by atoms with Crippen molar-refractivity contribution in [3.8, 4) is 5.75 Å². The molecule has 2 aromatic carbocycles. The minimum absolute atomic E-state index is 0.0290. The van der Waals surface area contributed by atoms with Crippen LogP contribution >= 0.6 is 0 Å². The van der Waals surface area contributed by atoms with Gasteiger partial charge in [-0.1, -0.05) is 32.0 Å². The van der Waals surface area contributed by atoms with Crippen LogP contribution in [0.1, 0.15) is 42.6 Å². The van der Waals surface area contributed by atoms with Crippen LogP contribution in [-0.4, -0.2) is 43.5 Å². The van der Waals surface area contributed by atoms with Crippen molar-refractivity contribution in [2.24, 2.45) is 0 Å². The zero-order chi connectivity index (χ0) is 21.1. The van der Waals surface area contributed by atoms with Gasteiger partial charge in [-0.15, -0.1) is 0 Å². The maximum Gasteiger partial charge on any atom is 0.253 e. The van der Waals surface area contributed by atoms with Crippen LogP contribution in [0, 0.1) is 0 Å². The van der Waals surface area contributed by atoms with Crippen LogP contribution in [0.5, 0.6) is 5.75 Å². The molecule has 0 saturated carbocycles. The van der Waals surface area contributed by atoms with E-state index in [2.05, 4.69) is 24.5 Å². The molecule has 0 heterocycles. The van der Waals surface area contributed by atoms with Gasteiger partial charge in [0.05, 0.1) is 13.7 Å². The summed E-state index contributed by atoms with van der Waals surface area (Å²) in [5.74, 6) is 0.699. The molecule has 0 aliphatic carbocycles. The van der Waals surface area contributed by atoms with Gasteiger partial charge < -0.3 is 20.3 Å². The van der Waals surface area contributed by atoms with E-state index in [9.17, 15) is 9.59 Å². The third-order valence-corrected chi connectivity index (χ3v) is 4.49. The van der Waals surface area contributed by atoms with Crippen molar-refractivity contribution in [2.45, 2.75) is 33.2 Å². The molecule has 0 atom stereocenters. The monoisotopic (exact) mass is 397 g/mol. The van der Waals surface area contributed by atoms with Crippen LogP contribution in [0.4, 0.5) is 5.69 Å². The molecule has 0 aromatic heterocycles. The molecule has 6 nitrogen and oxygen atoms in total. The first kappa shape index (κ1) is 22.3. The standard InChI is InChI=1S/C23H31N3O3/c1-4-13-26(14-5-2)23(28)19-7-6-8-20(15-19)24-17-22(27)25-16-18-9-11-21(29-3)12-10-18/h6-12,15,24H,4-5,13-14,16-17H2,1-3H3,(H,25,27). The molecule has 0 saturated heterocycles. The number of rotatable bonds is 11. The molecule has 2 N–H and O–H groups in total. The van der Waals surface area contributed by atoms with E-state index >= 15 is 0 Å². The first-order valence-corrected chi connectivity index (χ1v) is 10.1. The number of hydrogen-bond donors (Lipinski definition) is 2. The predicted octanol–water partition coefficient (Wildman–Crippen LogP) is 3.69. The predicted molar refractivity (Wildman–Crippen MR) is 116 cm³/mol. The Kier molecular flexibility index (Phi) is 9.02. The lowest BCUT2D eigenvalue weighted by atomic mass is 10.1. The fraction of sp³-hybridized carbons (Fsp3) is 0.391. The molecule has 6 heteroatoms. The van der Waals surface area contributed by atoms with Crippen molar-refractivity contribution < 1.29 is 14.3 Å². The van der Waals surface area contributed by atoms with E-state index in [1.807, 2.05) is 47.4 Å². The lowest BCUT2D eigenvalue weighted by Crippen LogP contribution is -2.32. The topological polar surface area (TPSA) is 70.7 Å². The fourth-order valence-electron chi connectivity index (χ4n) is 2.99. The van der Waals surface area contributed by atoms with Crippen molar-refractivity contribution in [2.75, 3.05) is 32.1 Å². The molecule has 29 heavy (non-hydrogen) atoms. The molecule has 2 rings (SSSR count). The molecule has 0 spiro atoms. The average molecular weight is 398 g/mol. The number of carbonyl (C=O) groups is 2. The number of hydrogen-bond acceptors (Lipinski definition) is 4. The summed E-state index contributed by atoms with van der Waals surface area (Å²) in [5.41, 5.74) is 2.39. The number of ether oxygens (including phenoxy) is 1. The van der Waals surface area contributed by atoms with Gasteiger partial charge in [0.15, 0.2) is 0 Å². The summed E-state index contributed by atoms with van der Waals surface area (Å²) >= 11 is 0. The summed E-state index contributed by atoms with van der Waals surface area (Å²) in [6.07, 6.45) is 1.86. The number of amides is 2. The summed E-state index contributed by atoms with van der Waals surface area (Å²) in [6, 6.07) is 14.9. The minimum Gasteiger partial charge on any atom is -0.497 e. The van der Waals surface area contributed by atoms with E-state index in [4.69, 9.17) is 4.74 Å². The largest absolute Gasteiger partial charge is 0.497 e. The van der Waals surface area contributed by atoms with Crippen LogP contribution < -0.4 is 15.4 Å². The Labute approximate surface area is 173 Å². The van der Waals surface area contributed by atoms with Crippen molar-refractivity contribution in [1.29, 1.82) is 0 Å². The summed E-state index contributed by atoms with van der Waals surface area (Å²) in [5, 5.41) is 5.97. The third-order valence-electron chi connectivity index (χ3n) is 4.49. The van der Waals surface area contributed by atoms with Crippen LogP contribution in [0.2, 0.25) is 0 Å². The highest BCUT2D eigenvalue weighted by molar-refractivity contribution is 5.95. The van der Waals surface area contributed by atoms with Crippen molar-refractivity contribution >= 4 is 17.5 Å². The van der Waals surface area contributed by atoms with E-state index in [0.29, 0.717) is 12.1 Å². The second-order valence-electron chi connectivity index (χ2n) is 6.85. The number of nitrogens with one attached hydrogen (secondary N) is 2. The van der Waals surface area contributed by atoms with Crippen LogP contribution in [0.15, 0.2) is 48.5 Å². The summed E-state index contributed by atoms with van der Waals surface area (Å²) in [4.78, 5) is 26.7. The number of benzene rings is 2. The van der Waals surface area contributed by atoms with Gasteiger partial charge in [0.25, 0.3) is 5.91 Å². The first-order chi connectivity index (χ1) is 14.1. The first-order valence-electron chi connectivity index (χ1n) is 10.1. The highest BCUT2D eigenvalue weighted by atomic mass is 16.5. The fourth-order valence-corrected chi connectivity index (χ4v) is 2.99. The summed E-state index contributed by atoms with van der Waals surface area (Å²) < 4.78 is 5.13. The van der Waals surface area contributed by atoms with E-state index in [1.165, 1.54) is 0 Å². The van der Waals surface area contributed by atoms with Gasteiger partial charge in [0.1, 0.15) is 5.75 Å². The number of anilines is 1. The zero-order valence-corrected chi connectivity index (χ0v) is 17.5. The van der Waals surface area contributed by atoms with E-state index in [-0.39, 0.29) is 18.4 Å². The zero-order valence-electron chi connectivity index (χ0n) is 17.5. The molecule has 156 valence electrons. The van der Waals surface area contributed by atoms with Gasteiger partial charge in [0.2, 0.25) is 5.91 Å². The van der Waals surface area contributed by atoms with Crippen LogP contribution in [-0.2, 0) is 11.3 Å². The maximum atomic E-state index is 12.7. The van der Waals surface area contributed by atoms with Crippen molar-refractivity contribution in [3.05, 3.63) is 59.7 Å². The smallest absolute Gasteiger partial charge is 0.253 e. The molecule has 0 aliphatic heterocycles. The lowest BCUT2D eigenvalue weighted by molar-refractivity contribution is -0.119. The van der Waals surface area contributed by atoms with Gasteiger partial charge in [0, 0.05) is 30.9 Å². The molecule has 0 fully saturated rings. The Hall–Kier alpha value is -3.02. The molecular weight excluding hydrogens is 366 g/mol. The van der Waals surface area contributed by atoms with Crippen LogP contribution in [0.3, 0.4) is 0 Å². The summed E-state index contributed by atoms with van der Waals surface area (Å²) in [6.45, 7) is 6.22. The van der Waals surface area contributed by atoms with Gasteiger partial charge in [-0.3, -0.25) is 9.59 Å². The van der Waals surface area contributed by atoms with Gasteiger partial charge >= 0.3 is 0 Å². The second kappa shape index (κ2) is 11.7. The Morgan fingerprint density at radius 2 is 1.69 bits per heavy atom. The average Bonchev–Trinajstić information content (AvgIpc) is 2.76. The molecule has 2 aromatic rings. The van der Waals surface area contributed by atoms with Crippen molar-refractivity contribution in [1.82, 2.24) is 10.2 Å². The molecule has 2 amide bonds. The van der Waals surface area contributed by atoms with E-state index in [0.717, 1.165) is 42.9 Å². The Bertz CT molecular complexity index is 784. The third kappa shape index (κ3) is 7.14. The Morgan fingerprint density at radius 1 is 1.00 bits per heavy atom. The molecule has 0 aliphatic rings. The molecule has 0 unspecified atom stereocenters. The molecule has 0 bridgehead atoms. The van der Waals surface area contributed by atoms with Gasteiger partial charge in [-0.2, -0.15) is 0 Å². The molecular formula is C23H31N3O3. The highest BCUT2D eigenvalue weighted by Gasteiger charge is 2.14. The number of carbonyl (C=O) groups excluding carboxylic acids is 2. The number of nitrogens with zero attached hydrogens (tertiary/aromatic N) is 1. The van der Waals surface area contributed by atoms with Gasteiger partial charge in [-0.25, -0.2) is 0 Å². The number of methoxy groups -OCH3 is 1. The lowest BCUT2D eigenvalue weighted by Gasteiger charge is -2.21. The van der Waals surface area contributed by atoms with E-state index < -0.39 is 0 Å². The second-order valence-corrected chi connectivity index (χ2v) is 6.85. The highest BCUT2D eigenvalue weighted by Crippen LogP contribution is 2.14. The normalized spacial score (nSPS) is 10.3. The van der Waals surface area contributed by atoms with Crippen molar-refractivity contribution in [3.63, 3.8) is 0 Å². The SMILES string of the molecule is CCCN(CCC)C(=O)c1cccc(NCC(=O)NCc2ccc(OC)cc2)c1. The van der Waals surface area contributed by atoms with Gasteiger partial charge in [-0.05, 0) is 48.7 Å². The van der Waals surface area contributed by atoms with Crippen LogP contribution in [0.25, 0.3) is 0 Å². The quantitative estimate of drug-likeness (QED) is 0.607. The Balaban J connectivity index is 1.87. The minimum atomic E-state index is -0.115. The maximum absolute atomic E-state index is 12.7. The summed E-state index contributed by atoms with van der Waals surface area (Å²) in [7, 11) is 1.62. The molecule has 0 radical (unpaired) electrons. The Morgan fingerprint density at radius 3 is 2.31 bits per heavy atom.